The third kappa shape index (κ3) is 32.3. The van der Waals surface area contributed by atoms with Crippen molar-refractivity contribution in [1.82, 2.24) is 5.32 Å². The van der Waals surface area contributed by atoms with Crippen LogP contribution in [-0.4, -0.2) is 34.9 Å². The molecule has 2 unspecified atom stereocenters. The first-order valence-electron chi connectivity index (χ1n) is 19.6. The summed E-state index contributed by atoms with van der Waals surface area (Å²) >= 11 is 0. The molecule has 0 aromatic heterocycles. The number of allylic oxidation sites excluding steroid dienone is 3. The molecule has 0 aliphatic carbocycles. The largest absolute Gasteiger partial charge is 0.394 e. The van der Waals surface area contributed by atoms with E-state index in [1.165, 1.54) is 154 Å². The van der Waals surface area contributed by atoms with E-state index < -0.39 is 12.1 Å². The summed E-state index contributed by atoms with van der Waals surface area (Å²) in [7, 11) is 0. The van der Waals surface area contributed by atoms with Gasteiger partial charge in [0.15, 0.2) is 0 Å². The van der Waals surface area contributed by atoms with Crippen LogP contribution in [0.1, 0.15) is 206 Å². The van der Waals surface area contributed by atoms with Crippen LogP contribution < -0.4 is 5.32 Å². The maximum Gasteiger partial charge on any atom is 0.220 e. The molecule has 4 heteroatoms. The van der Waals surface area contributed by atoms with E-state index in [0.717, 1.165) is 32.1 Å². The van der Waals surface area contributed by atoms with Gasteiger partial charge in [0.25, 0.3) is 0 Å². The summed E-state index contributed by atoms with van der Waals surface area (Å²) < 4.78 is 0. The van der Waals surface area contributed by atoms with Gasteiger partial charge in [-0.1, -0.05) is 179 Å². The number of carbonyl (C=O) groups is 1. The first-order valence-corrected chi connectivity index (χ1v) is 19.6. The number of unbranched alkanes of at least 4 members (excludes halogenated alkanes) is 26. The zero-order valence-electron chi connectivity index (χ0n) is 29.7. The first kappa shape index (κ1) is 42.9. The molecule has 0 aliphatic rings. The molecule has 0 bridgehead atoms. The number of hydrogen-bond acceptors (Lipinski definition) is 3. The Bertz CT molecular complexity index is 632. The Morgan fingerprint density at radius 3 is 1.25 bits per heavy atom. The van der Waals surface area contributed by atoms with Gasteiger partial charge in [0.2, 0.25) is 5.91 Å². The van der Waals surface area contributed by atoms with Crippen LogP contribution in [0.3, 0.4) is 0 Å². The summed E-state index contributed by atoms with van der Waals surface area (Å²) in [6.45, 7) is 4.30. The highest BCUT2D eigenvalue weighted by molar-refractivity contribution is 5.76. The van der Waals surface area contributed by atoms with Crippen LogP contribution >= 0.6 is 0 Å². The highest BCUT2D eigenvalue weighted by atomic mass is 16.3. The predicted molar refractivity (Wildman–Crippen MR) is 193 cm³/mol. The van der Waals surface area contributed by atoms with E-state index in [1.54, 1.807) is 6.08 Å². The molecule has 0 aromatic carbocycles. The van der Waals surface area contributed by atoms with Crippen LogP contribution in [0.4, 0.5) is 0 Å². The molecule has 0 aromatic rings. The summed E-state index contributed by atoms with van der Waals surface area (Å²) in [5.41, 5.74) is 0. The molecular weight excluding hydrogens is 542 g/mol. The normalized spacial score (nSPS) is 13.3. The fraction of sp³-hybridized carbons (Fsp3) is 0.875. The van der Waals surface area contributed by atoms with Crippen molar-refractivity contribution in [3.8, 4) is 0 Å². The van der Waals surface area contributed by atoms with Gasteiger partial charge in [-0.05, 0) is 44.9 Å². The van der Waals surface area contributed by atoms with E-state index >= 15 is 0 Å². The van der Waals surface area contributed by atoms with E-state index in [2.05, 4.69) is 31.3 Å². The average Bonchev–Trinajstić information content (AvgIpc) is 3.03. The highest BCUT2D eigenvalue weighted by Crippen LogP contribution is 2.14. The molecular formula is C40H77NO3. The molecule has 0 saturated carbocycles. The van der Waals surface area contributed by atoms with Crippen LogP contribution in [0.5, 0.6) is 0 Å². The van der Waals surface area contributed by atoms with Gasteiger partial charge in [0, 0.05) is 6.42 Å². The number of aliphatic hydroxyl groups is 2. The zero-order valence-corrected chi connectivity index (χ0v) is 29.7. The third-order valence-electron chi connectivity index (χ3n) is 8.93. The van der Waals surface area contributed by atoms with Crippen molar-refractivity contribution in [2.75, 3.05) is 6.61 Å². The summed E-state index contributed by atoms with van der Waals surface area (Å²) in [4.78, 5) is 12.3. The lowest BCUT2D eigenvalue weighted by atomic mass is 10.0. The van der Waals surface area contributed by atoms with E-state index in [4.69, 9.17) is 0 Å². The standard InChI is InChI=1S/C40H77NO3/c1-3-5-7-9-11-13-15-17-19-20-22-23-25-27-29-31-33-35-39(43)38(37-42)41-40(44)36-34-32-30-28-26-24-21-18-16-14-12-10-8-6-4-2/h18,21,33,35,38-39,42-43H,3-17,19-20,22-32,34,36-37H2,1-2H3,(H,41,44)/b21-18-,35-33+. The average molecular weight is 620 g/mol. The van der Waals surface area contributed by atoms with E-state index in [0.29, 0.717) is 6.42 Å². The quantitative estimate of drug-likeness (QED) is 0.0488. The van der Waals surface area contributed by atoms with E-state index in [9.17, 15) is 15.0 Å². The minimum Gasteiger partial charge on any atom is -0.394 e. The second-order valence-corrected chi connectivity index (χ2v) is 13.3. The van der Waals surface area contributed by atoms with Crippen molar-refractivity contribution in [2.45, 2.75) is 219 Å². The van der Waals surface area contributed by atoms with Crippen molar-refractivity contribution in [3.05, 3.63) is 24.3 Å². The Morgan fingerprint density at radius 1 is 0.523 bits per heavy atom. The highest BCUT2D eigenvalue weighted by Gasteiger charge is 2.17. The minimum atomic E-state index is -0.839. The molecule has 0 heterocycles. The Kier molecular flexibility index (Phi) is 35.4. The van der Waals surface area contributed by atoms with E-state index in [1.807, 2.05) is 6.08 Å². The molecule has 2 atom stereocenters. The second-order valence-electron chi connectivity index (χ2n) is 13.3. The SMILES string of the molecule is CCCCCCCC/C=C\CCCCCCCC(=O)NC(CO)C(O)/C=C/CCCCCCCCCCCCCCCCC. The van der Waals surface area contributed by atoms with Crippen LogP contribution in [0.25, 0.3) is 0 Å². The Balaban J connectivity index is 3.61. The summed E-state index contributed by atoms with van der Waals surface area (Å²) in [6, 6.07) is -0.622. The molecule has 0 radical (unpaired) electrons. The van der Waals surface area contributed by atoms with E-state index in [-0.39, 0.29) is 12.5 Å². The van der Waals surface area contributed by atoms with Gasteiger partial charge in [-0.15, -0.1) is 0 Å². The number of carbonyl (C=O) groups excluding carboxylic acids is 1. The third-order valence-corrected chi connectivity index (χ3v) is 8.93. The fourth-order valence-corrected chi connectivity index (χ4v) is 5.88. The summed E-state index contributed by atoms with van der Waals surface area (Å²) in [6.07, 6.45) is 45.5. The lowest BCUT2D eigenvalue weighted by Crippen LogP contribution is -2.45. The molecule has 0 rings (SSSR count). The molecule has 4 nitrogen and oxygen atoms in total. The summed E-state index contributed by atoms with van der Waals surface area (Å²) in [5.74, 6) is -0.0727. The van der Waals surface area contributed by atoms with Gasteiger partial charge in [0.05, 0.1) is 18.8 Å². The molecule has 0 spiro atoms. The number of amides is 1. The number of rotatable bonds is 35. The molecule has 44 heavy (non-hydrogen) atoms. The maximum absolute atomic E-state index is 12.3. The van der Waals surface area contributed by atoms with Crippen molar-refractivity contribution in [1.29, 1.82) is 0 Å². The zero-order chi connectivity index (χ0) is 32.2. The Morgan fingerprint density at radius 2 is 0.864 bits per heavy atom. The smallest absolute Gasteiger partial charge is 0.220 e. The van der Waals surface area contributed by atoms with Gasteiger partial charge in [-0.25, -0.2) is 0 Å². The number of aliphatic hydroxyl groups excluding tert-OH is 2. The Hall–Kier alpha value is -1.13. The van der Waals surface area contributed by atoms with Crippen LogP contribution in [0.2, 0.25) is 0 Å². The molecule has 1 amide bonds. The van der Waals surface area contributed by atoms with Crippen LogP contribution in [-0.2, 0) is 4.79 Å². The van der Waals surface area contributed by atoms with Crippen molar-refractivity contribution in [2.24, 2.45) is 0 Å². The first-order chi connectivity index (χ1) is 21.7. The minimum absolute atomic E-state index is 0.0727. The lowest BCUT2D eigenvalue weighted by molar-refractivity contribution is -0.123. The monoisotopic (exact) mass is 620 g/mol. The molecule has 3 N–H and O–H groups in total. The predicted octanol–water partition coefficient (Wildman–Crippen LogP) is 11.7. The van der Waals surface area contributed by atoms with Crippen molar-refractivity contribution >= 4 is 5.91 Å². The second kappa shape index (κ2) is 36.3. The molecule has 0 fully saturated rings. The van der Waals surface area contributed by atoms with Gasteiger partial charge in [-0.3, -0.25) is 4.79 Å². The Labute approximate surface area is 275 Å². The fourth-order valence-electron chi connectivity index (χ4n) is 5.88. The number of nitrogens with one attached hydrogen (secondary N) is 1. The topological polar surface area (TPSA) is 69.6 Å². The summed E-state index contributed by atoms with van der Waals surface area (Å²) in [5, 5.41) is 22.9. The van der Waals surface area contributed by atoms with Gasteiger partial charge in [-0.2, -0.15) is 0 Å². The molecule has 0 saturated heterocycles. The molecule has 0 aliphatic heterocycles. The van der Waals surface area contributed by atoms with Gasteiger partial charge in [0.1, 0.15) is 0 Å². The van der Waals surface area contributed by atoms with Gasteiger partial charge < -0.3 is 15.5 Å². The van der Waals surface area contributed by atoms with Crippen LogP contribution in [0.15, 0.2) is 24.3 Å². The molecule has 260 valence electrons. The number of hydrogen-bond donors (Lipinski definition) is 3. The van der Waals surface area contributed by atoms with Gasteiger partial charge >= 0.3 is 0 Å². The maximum atomic E-state index is 12.3. The van der Waals surface area contributed by atoms with Crippen molar-refractivity contribution in [3.63, 3.8) is 0 Å². The lowest BCUT2D eigenvalue weighted by Gasteiger charge is -2.20. The van der Waals surface area contributed by atoms with Crippen LogP contribution in [0, 0.1) is 0 Å². The van der Waals surface area contributed by atoms with Crippen molar-refractivity contribution < 1.29 is 15.0 Å².